The van der Waals surface area contributed by atoms with Gasteiger partial charge in [0.25, 0.3) is 0 Å². The molecule has 0 aliphatic heterocycles. The van der Waals surface area contributed by atoms with Gasteiger partial charge in [0.1, 0.15) is 0 Å². The van der Waals surface area contributed by atoms with E-state index < -0.39 is 5.97 Å². The topological polar surface area (TPSA) is 37.3 Å². The van der Waals surface area contributed by atoms with E-state index in [1.54, 1.807) is 0 Å². The molecule has 1 unspecified atom stereocenters. The zero-order valence-electron chi connectivity index (χ0n) is 10.6. The molecule has 2 heteroatoms. The van der Waals surface area contributed by atoms with Crippen molar-refractivity contribution in [1.82, 2.24) is 0 Å². The number of carboxylic acid groups (broad SMARTS) is 1. The molecule has 0 saturated heterocycles. The fourth-order valence-electron chi connectivity index (χ4n) is 3.50. The highest BCUT2D eigenvalue weighted by molar-refractivity contribution is 5.71. The van der Waals surface area contributed by atoms with Crippen molar-refractivity contribution in [3.05, 3.63) is 0 Å². The average Bonchev–Trinajstić information content (AvgIpc) is 2.43. The maximum atomic E-state index is 11.3. The van der Waals surface area contributed by atoms with E-state index in [1.807, 2.05) is 0 Å². The van der Waals surface area contributed by atoms with E-state index in [0.29, 0.717) is 17.8 Å². The first-order chi connectivity index (χ1) is 6.81. The molecule has 1 fully saturated rings. The molecule has 1 saturated carbocycles. The van der Waals surface area contributed by atoms with Crippen LogP contribution in [0.25, 0.3) is 0 Å². The summed E-state index contributed by atoms with van der Waals surface area (Å²) in [6, 6.07) is 0. The second kappa shape index (κ2) is 4.15. The van der Waals surface area contributed by atoms with Gasteiger partial charge in [0, 0.05) is 0 Å². The van der Waals surface area contributed by atoms with Crippen LogP contribution in [-0.2, 0) is 4.79 Å². The lowest BCUT2D eigenvalue weighted by molar-refractivity contribution is -0.147. The first kappa shape index (κ1) is 12.5. The highest BCUT2D eigenvalue weighted by Crippen LogP contribution is 2.55. The maximum absolute atomic E-state index is 11.3. The van der Waals surface area contributed by atoms with Gasteiger partial charge >= 0.3 is 5.97 Å². The van der Waals surface area contributed by atoms with Gasteiger partial charge in [0.15, 0.2) is 0 Å². The summed E-state index contributed by atoms with van der Waals surface area (Å²) >= 11 is 0. The van der Waals surface area contributed by atoms with Crippen molar-refractivity contribution < 1.29 is 9.90 Å². The Hall–Kier alpha value is -0.530. The highest BCUT2D eigenvalue weighted by Gasteiger charge is 2.52. The van der Waals surface area contributed by atoms with Crippen LogP contribution >= 0.6 is 0 Å². The summed E-state index contributed by atoms with van der Waals surface area (Å²) in [7, 11) is 0. The summed E-state index contributed by atoms with van der Waals surface area (Å²) in [6.45, 7) is 10.9. The molecule has 0 aromatic carbocycles. The van der Waals surface area contributed by atoms with Gasteiger partial charge < -0.3 is 5.11 Å². The van der Waals surface area contributed by atoms with Crippen LogP contribution in [-0.4, -0.2) is 11.1 Å². The van der Waals surface area contributed by atoms with Crippen molar-refractivity contribution in [2.45, 2.75) is 47.5 Å². The first-order valence-corrected chi connectivity index (χ1v) is 6.04. The molecular weight excluding hydrogens is 188 g/mol. The van der Waals surface area contributed by atoms with Gasteiger partial charge in [-0.2, -0.15) is 0 Å². The van der Waals surface area contributed by atoms with Gasteiger partial charge in [-0.25, -0.2) is 0 Å². The summed E-state index contributed by atoms with van der Waals surface area (Å²) in [4.78, 5) is 11.3. The lowest BCUT2D eigenvalue weighted by Gasteiger charge is -2.41. The van der Waals surface area contributed by atoms with Gasteiger partial charge in [0.2, 0.25) is 0 Å². The van der Waals surface area contributed by atoms with Gasteiger partial charge in [-0.3, -0.25) is 4.79 Å². The van der Waals surface area contributed by atoms with Crippen molar-refractivity contribution in [2.24, 2.45) is 29.1 Å². The van der Waals surface area contributed by atoms with E-state index in [-0.39, 0.29) is 11.3 Å². The molecule has 88 valence electrons. The largest absolute Gasteiger partial charge is 0.481 e. The normalized spacial score (nSPS) is 36.5. The molecule has 2 nitrogen and oxygen atoms in total. The number of hydrogen-bond acceptors (Lipinski definition) is 1. The molecule has 15 heavy (non-hydrogen) atoms. The molecule has 1 aliphatic rings. The van der Waals surface area contributed by atoms with E-state index >= 15 is 0 Å². The predicted molar refractivity (Wildman–Crippen MR) is 61.6 cm³/mol. The van der Waals surface area contributed by atoms with Crippen LogP contribution in [0.15, 0.2) is 0 Å². The maximum Gasteiger partial charge on any atom is 0.307 e. The van der Waals surface area contributed by atoms with Crippen LogP contribution in [0.3, 0.4) is 0 Å². The second-order valence-electron chi connectivity index (χ2n) is 5.84. The van der Waals surface area contributed by atoms with Crippen LogP contribution in [0.2, 0.25) is 0 Å². The Morgan fingerprint density at radius 3 is 2.13 bits per heavy atom. The zero-order valence-corrected chi connectivity index (χ0v) is 10.6. The summed E-state index contributed by atoms with van der Waals surface area (Å²) in [5, 5.41) is 9.30. The number of carboxylic acids is 1. The quantitative estimate of drug-likeness (QED) is 0.778. The Morgan fingerprint density at radius 2 is 1.80 bits per heavy atom. The fraction of sp³-hybridized carbons (Fsp3) is 0.923. The van der Waals surface area contributed by atoms with E-state index in [2.05, 4.69) is 34.6 Å². The van der Waals surface area contributed by atoms with Crippen molar-refractivity contribution in [2.75, 3.05) is 0 Å². The highest BCUT2D eigenvalue weighted by atomic mass is 16.4. The van der Waals surface area contributed by atoms with Crippen LogP contribution in [0.4, 0.5) is 0 Å². The van der Waals surface area contributed by atoms with Crippen LogP contribution in [0.1, 0.15) is 47.5 Å². The molecule has 1 aliphatic carbocycles. The van der Waals surface area contributed by atoms with Crippen LogP contribution in [0, 0.1) is 29.1 Å². The number of rotatable bonds is 3. The van der Waals surface area contributed by atoms with Gasteiger partial charge in [-0.05, 0) is 36.0 Å². The summed E-state index contributed by atoms with van der Waals surface area (Å²) in [6.07, 6.45) is 1.93. The third-order valence-corrected chi connectivity index (χ3v) is 4.66. The Labute approximate surface area is 93.1 Å². The van der Waals surface area contributed by atoms with Crippen molar-refractivity contribution in [3.63, 3.8) is 0 Å². The summed E-state index contributed by atoms with van der Waals surface area (Å²) < 4.78 is 0. The third kappa shape index (κ3) is 1.91. The molecular formula is C13H24O2. The minimum atomic E-state index is -0.602. The zero-order chi connectivity index (χ0) is 11.8. The molecule has 0 bridgehead atoms. The fourth-order valence-corrected chi connectivity index (χ4v) is 3.50. The molecule has 0 aromatic rings. The summed E-state index contributed by atoms with van der Waals surface area (Å²) in [5.74, 6) is 0.827. The molecule has 0 amide bonds. The number of carbonyl (C=O) groups is 1. The number of aliphatic carboxylic acids is 1. The minimum absolute atomic E-state index is 0.0278. The Bertz CT molecular complexity index is 245. The third-order valence-electron chi connectivity index (χ3n) is 4.66. The van der Waals surface area contributed by atoms with E-state index in [4.69, 9.17) is 0 Å². The average molecular weight is 212 g/mol. The lowest BCUT2D eigenvalue weighted by Crippen LogP contribution is -2.39. The molecule has 1 N–H and O–H groups in total. The van der Waals surface area contributed by atoms with Crippen molar-refractivity contribution in [1.29, 1.82) is 0 Å². The smallest absolute Gasteiger partial charge is 0.307 e. The molecule has 0 heterocycles. The number of hydrogen-bond donors (Lipinski definition) is 1. The van der Waals surface area contributed by atoms with E-state index in [9.17, 15) is 9.90 Å². The Balaban J connectivity index is 3.02. The molecule has 0 aromatic heterocycles. The molecule has 3 atom stereocenters. The first-order valence-electron chi connectivity index (χ1n) is 6.04. The SMILES string of the molecule is CC(C)C1CC[C@H](C(=O)O)[C@@]1(C)C(C)C. The molecule has 1 rings (SSSR count). The standard InChI is InChI=1S/C13H24O2/c1-8(2)10-6-7-11(12(14)15)13(10,5)9(3)4/h8-11H,6-7H2,1-5H3,(H,14,15)/t10?,11-,13+/m1/s1. The van der Waals surface area contributed by atoms with Crippen LogP contribution in [0.5, 0.6) is 0 Å². The lowest BCUT2D eigenvalue weighted by atomic mass is 9.63. The monoisotopic (exact) mass is 212 g/mol. The molecule has 0 radical (unpaired) electrons. The van der Waals surface area contributed by atoms with Gasteiger partial charge in [-0.15, -0.1) is 0 Å². The van der Waals surface area contributed by atoms with Crippen LogP contribution < -0.4 is 0 Å². The Morgan fingerprint density at radius 1 is 1.27 bits per heavy atom. The van der Waals surface area contributed by atoms with E-state index in [0.717, 1.165) is 12.8 Å². The second-order valence-corrected chi connectivity index (χ2v) is 5.84. The Kier molecular flexibility index (Phi) is 3.47. The molecule has 0 spiro atoms. The predicted octanol–water partition coefficient (Wildman–Crippen LogP) is 3.42. The van der Waals surface area contributed by atoms with Crippen molar-refractivity contribution in [3.8, 4) is 0 Å². The van der Waals surface area contributed by atoms with E-state index in [1.165, 1.54) is 0 Å². The van der Waals surface area contributed by atoms with Gasteiger partial charge in [-0.1, -0.05) is 34.6 Å². The van der Waals surface area contributed by atoms with Crippen molar-refractivity contribution >= 4 is 5.97 Å². The summed E-state index contributed by atoms with van der Waals surface area (Å²) in [5.41, 5.74) is -0.0278. The minimum Gasteiger partial charge on any atom is -0.481 e. The van der Waals surface area contributed by atoms with Gasteiger partial charge in [0.05, 0.1) is 5.92 Å².